The molecule has 3 fully saturated rings. The lowest BCUT2D eigenvalue weighted by Gasteiger charge is -2.24. The van der Waals surface area contributed by atoms with Crippen LogP contribution in [-0.4, -0.2) is 73.6 Å². The highest BCUT2D eigenvalue weighted by atomic mass is 19.1. The summed E-state index contributed by atoms with van der Waals surface area (Å²) in [5.41, 5.74) is 1.76. The van der Waals surface area contributed by atoms with Gasteiger partial charge < -0.3 is 26.2 Å². The average Bonchev–Trinajstić information content (AvgIpc) is 3.46. The second-order valence-electron chi connectivity index (χ2n) is 9.86. The van der Waals surface area contributed by atoms with Crippen molar-refractivity contribution in [3.63, 3.8) is 0 Å². The fourth-order valence-corrected chi connectivity index (χ4v) is 4.52. The first-order valence-corrected chi connectivity index (χ1v) is 12.9. The molecule has 9 heteroatoms. The van der Waals surface area contributed by atoms with E-state index in [2.05, 4.69) is 44.9 Å². The Morgan fingerprint density at radius 1 is 1.11 bits per heavy atom. The molecule has 1 saturated carbocycles. The minimum Gasteiger partial charge on any atom is -0.350 e. The van der Waals surface area contributed by atoms with E-state index in [0.717, 1.165) is 11.1 Å². The zero-order chi connectivity index (χ0) is 26.2. The Morgan fingerprint density at radius 3 is 2.57 bits per heavy atom. The molecule has 0 bridgehead atoms. The van der Waals surface area contributed by atoms with Crippen LogP contribution in [-0.2, 0) is 20.9 Å². The van der Waals surface area contributed by atoms with Gasteiger partial charge >= 0.3 is 0 Å². The maximum Gasteiger partial charge on any atom is 0.243 e. The van der Waals surface area contributed by atoms with E-state index in [1.54, 1.807) is 11.9 Å². The molecule has 1 aliphatic carbocycles. The Balaban J connectivity index is 1.32. The zero-order valence-electron chi connectivity index (χ0n) is 21.1. The summed E-state index contributed by atoms with van der Waals surface area (Å²) in [6.45, 7) is 1.20. The Kier molecular flexibility index (Phi) is 9.16. The molecule has 0 radical (unpaired) electrons. The minimum absolute atomic E-state index is 0.130. The topological polar surface area (TPSA) is 103 Å². The number of alkyl halides is 1. The number of hydrogen-bond acceptors (Lipinski definition) is 5. The van der Waals surface area contributed by atoms with E-state index in [1.807, 2.05) is 24.3 Å². The number of carbonyl (C=O) groups excluding carboxylic acids is 3. The monoisotopic (exact) mass is 507 g/mol. The maximum absolute atomic E-state index is 13.5. The minimum atomic E-state index is -1.04. The Hall–Kier alpha value is -3.40. The molecule has 1 aromatic carbocycles. The molecule has 3 aliphatic rings. The largest absolute Gasteiger partial charge is 0.350 e. The number of nitrogens with zero attached hydrogens (tertiary/aromatic N) is 1. The van der Waals surface area contributed by atoms with Gasteiger partial charge in [0.05, 0.1) is 6.04 Å². The van der Waals surface area contributed by atoms with Crippen molar-refractivity contribution in [1.82, 2.24) is 26.2 Å². The van der Waals surface area contributed by atoms with Gasteiger partial charge in [0.1, 0.15) is 12.2 Å². The molecule has 0 spiro atoms. The molecule has 196 valence electrons. The van der Waals surface area contributed by atoms with E-state index >= 15 is 0 Å². The molecule has 1 aromatic rings. The number of amides is 3. The molecule has 3 amide bonds. The van der Waals surface area contributed by atoms with Gasteiger partial charge in [-0.2, -0.15) is 0 Å². The van der Waals surface area contributed by atoms with Crippen LogP contribution in [0.2, 0.25) is 0 Å². The van der Waals surface area contributed by atoms with Crippen molar-refractivity contribution in [2.24, 2.45) is 5.92 Å². The van der Waals surface area contributed by atoms with E-state index in [1.165, 1.54) is 12.8 Å². The highest BCUT2D eigenvalue weighted by Gasteiger charge is 2.41. The Morgan fingerprint density at radius 2 is 1.89 bits per heavy atom. The van der Waals surface area contributed by atoms with Gasteiger partial charge in [-0.05, 0) is 55.8 Å². The summed E-state index contributed by atoms with van der Waals surface area (Å²) < 4.78 is 13.5. The maximum atomic E-state index is 13.5. The van der Waals surface area contributed by atoms with Crippen LogP contribution in [0.4, 0.5) is 4.39 Å². The zero-order valence-corrected chi connectivity index (χ0v) is 21.1. The number of halogens is 1. The predicted molar refractivity (Wildman–Crippen MR) is 138 cm³/mol. The summed E-state index contributed by atoms with van der Waals surface area (Å²) in [7, 11) is 1.76. The first kappa shape index (κ1) is 26.7. The van der Waals surface area contributed by atoms with E-state index in [4.69, 9.17) is 0 Å². The first-order chi connectivity index (χ1) is 17.9. The third kappa shape index (κ3) is 7.79. The quantitative estimate of drug-likeness (QED) is 0.383. The first-order valence-electron chi connectivity index (χ1n) is 12.9. The number of carbonyl (C=O) groups is 3. The molecule has 2 heterocycles. The summed E-state index contributed by atoms with van der Waals surface area (Å²) in [4.78, 5) is 40.0. The SMILES string of the molecule is CNCCC(=O)N1C[C@H](NC(=O)[C@@H]2C[C@H](F)CN2)C[C@@H]1C(=O)NCc1ccc(C#CC#CC2CC2)cc1. The number of rotatable bonds is 8. The second-order valence-corrected chi connectivity index (χ2v) is 9.86. The van der Waals surface area contributed by atoms with Crippen molar-refractivity contribution in [2.45, 2.75) is 62.9 Å². The van der Waals surface area contributed by atoms with Crippen LogP contribution in [0, 0.1) is 29.6 Å². The van der Waals surface area contributed by atoms with Crippen molar-refractivity contribution in [3.05, 3.63) is 35.4 Å². The van der Waals surface area contributed by atoms with Gasteiger partial charge in [-0.15, -0.1) is 0 Å². The standard InChI is InChI=1S/C28H34FN5O3/c1-30-13-12-26(35)34-18-23(33-27(36)24-14-22(29)17-31-24)15-25(34)28(37)32-16-21-10-8-20(9-11-21)5-3-2-4-19-6-7-19/h8-11,19,22-25,30-31H,6-7,12-18H2,1H3,(H,32,37)(H,33,36)/t22-,23+,24-,25+/m0/s1. The fourth-order valence-electron chi connectivity index (χ4n) is 4.52. The van der Waals surface area contributed by atoms with Crippen molar-refractivity contribution in [1.29, 1.82) is 0 Å². The van der Waals surface area contributed by atoms with E-state index in [-0.39, 0.29) is 49.7 Å². The van der Waals surface area contributed by atoms with Crippen LogP contribution in [0.1, 0.15) is 43.2 Å². The van der Waals surface area contributed by atoms with Crippen LogP contribution in [0.3, 0.4) is 0 Å². The fraction of sp³-hybridized carbons (Fsp3) is 0.536. The molecule has 4 rings (SSSR count). The summed E-state index contributed by atoms with van der Waals surface area (Å²) in [6, 6.07) is 5.94. The van der Waals surface area contributed by atoms with Crippen molar-refractivity contribution < 1.29 is 18.8 Å². The summed E-state index contributed by atoms with van der Waals surface area (Å²) >= 11 is 0. The smallest absolute Gasteiger partial charge is 0.243 e. The van der Waals surface area contributed by atoms with Crippen molar-refractivity contribution >= 4 is 17.7 Å². The molecular weight excluding hydrogens is 473 g/mol. The number of benzene rings is 1. The number of likely N-dealkylation sites (tertiary alicyclic amines) is 1. The van der Waals surface area contributed by atoms with Gasteiger partial charge in [-0.1, -0.05) is 24.0 Å². The molecule has 0 unspecified atom stereocenters. The molecule has 0 aromatic heterocycles. The van der Waals surface area contributed by atoms with E-state index in [0.29, 0.717) is 25.4 Å². The third-order valence-corrected chi connectivity index (χ3v) is 6.80. The van der Waals surface area contributed by atoms with Gasteiger partial charge in [-0.25, -0.2) is 4.39 Å². The highest BCUT2D eigenvalue weighted by Crippen LogP contribution is 2.27. The van der Waals surface area contributed by atoms with Gasteiger partial charge in [0, 0.05) is 56.5 Å². The normalized spacial score (nSPS) is 24.4. The molecule has 37 heavy (non-hydrogen) atoms. The number of nitrogens with one attached hydrogen (secondary N) is 4. The van der Waals surface area contributed by atoms with Crippen LogP contribution in [0.25, 0.3) is 0 Å². The van der Waals surface area contributed by atoms with Crippen molar-refractivity contribution in [3.8, 4) is 23.7 Å². The van der Waals surface area contributed by atoms with Gasteiger partial charge in [0.15, 0.2) is 0 Å². The van der Waals surface area contributed by atoms with Gasteiger partial charge in [0.25, 0.3) is 0 Å². The summed E-state index contributed by atoms with van der Waals surface area (Å²) in [5.74, 6) is 11.7. The molecule has 8 nitrogen and oxygen atoms in total. The molecule has 2 saturated heterocycles. The van der Waals surface area contributed by atoms with Crippen LogP contribution < -0.4 is 21.3 Å². The lowest BCUT2D eigenvalue weighted by atomic mass is 10.1. The lowest BCUT2D eigenvalue weighted by molar-refractivity contribution is -0.138. The van der Waals surface area contributed by atoms with Crippen LogP contribution in [0.15, 0.2) is 24.3 Å². The Bertz CT molecular complexity index is 1110. The second kappa shape index (κ2) is 12.7. The van der Waals surface area contributed by atoms with Crippen molar-refractivity contribution in [2.75, 3.05) is 26.7 Å². The predicted octanol–water partition coefficient (Wildman–Crippen LogP) is 0.463. The molecular formula is C28H34FN5O3. The van der Waals surface area contributed by atoms with E-state index < -0.39 is 18.3 Å². The number of hydrogen-bond donors (Lipinski definition) is 4. The lowest BCUT2D eigenvalue weighted by Crippen LogP contribution is -2.47. The van der Waals surface area contributed by atoms with Gasteiger partial charge in [0.2, 0.25) is 17.7 Å². The molecule has 4 atom stereocenters. The highest BCUT2D eigenvalue weighted by molar-refractivity contribution is 5.89. The molecule has 2 aliphatic heterocycles. The summed E-state index contributed by atoms with van der Waals surface area (Å²) in [5, 5.41) is 11.6. The Labute approximate surface area is 217 Å². The average molecular weight is 508 g/mol. The van der Waals surface area contributed by atoms with E-state index in [9.17, 15) is 18.8 Å². The molecule has 4 N–H and O–H groups in total. The van der Waals surface area contributed by atoms with Gasteiger partial charge in [-0.3, -0.25) is 14.4 Å². The van der Waals surface area contributed by atoms with Crippen LogP contribution >= 0.6 is 0 Å². The summed E-state index contributed by atoms with van der Waals surface area (Å²) in [6.07, 6.45) is 2.00. The van der Waals surface area contributed by atoms with Crippen LogP contribution in [0.5, 0.6) is 0 Å². The third-order valence-electron chi connectivity index (χ3n) is 6.80.